The van der Waals surface area contributed by atoms with E-state index < -0.39 is 0 Å². The topological polar surface area (TPSA) is 38.8 Å². The Kier molecular flexibility index (Phi) is 4.76. The highest BCUT2D eigenvalue weighted by molar-refractivity contribution is 8.00. The van der Waals surface area contributed by atoms with Crippen LogP contribution >= 0.6 is 23.1 Å². The van der Waals surface area contributed by atoms with Gasteiger partial charge in [0.05, 0.1) is 17.4 Å². The Morgan fingerprint density at radius 1 is 1.63 bits per heavy atom. The molecule has 106 valence electrons. The average Bonchev–Trinajstić information content (AvgIpc) is 3.06. The van der Waals surface area contributed by atoms with Gasteiger partial charge in [-0.3, -0.25) is 0 Å². The number of methoxy groups -OCH3 is 1. The van der Waals surface area contributed by atoms with Crippen molar-refractivity contribution in [3.63, 3.8) is 0 Å². The summed E-state index contributed by atoms with van der Waals surface area (Å²) in [7, 11) is 1.71. The van der Waals surface area contributed by atoms with Crippen molar-refractivity contribution in [2.45, 2.75) is 23.2 Å². The Labute approximate surface area is 122 Å². The first kappa shape index (κ1) is 14.7. The monoisotopic (exact) mass is 301 g/mol. The van der Waals surface area contributed by atoms with Gasteiger partial charge in [-0.2, -0.15) is 0 Å². The molecule has 2 rings (SSSR count). The SMILES string of the molecule is CCOC(=O)N1CCC(OC)(c2csc(SC)c2)C1. The fraction of sp³-hybridized carbons (Fsp3) is 0.615. The average molecular weight is 301 g/mol. The Hall–Kier alpha value is -0.720. The maximum atomic E-state index is 11.8. The second-order valence-electron chi connectivity index (χ2n) is 4.43. The molecule has 1 aliphatic heterocycles. The van der Waals surface area contributed by atoms with Crippen LogP contribution in [0.4, 0.5) is 4.79 Å². The molecule has 0 saturated carbocycles. The predicted octanol–water partition coefficient (Wildman–Crippen LogP) is 3.17. The van der Waals surface area contributed by atoms with Crippen molar-refractivity contribution in [1.29, 1.82) is 0 Å². The minimum absolute atomic E-state index is 0.248. The van der Waals surface area contributed by atoms with Crippen LogP contribution in [0, 0.1) is 0 Å². The van der Waals surface area contributed by atoms with Gasteiger partial charge in [-0.1, -0.05) is 0 Å². The van der Waals surface area contributed by atoms with Crippen molar-refractivity contribution in [3.05, 3.63) is 17.0 Å². The summed E-state index contributed by atoms with van der Waals surface area (Å²) in [4.78, 5) is 13.5. The van der Waals surface area contributed by atoms with Gasteiger partial charge in [-0.15, -0.1) is 23.1 Å². The zero-order valence-electron chi connectivity index (χ0n) is 11.5. The van der Waals surface area contributed by atoms with E-state index >= 15 is 0 Å². The lowest BCUT2D eigenvalue weighted by atomic mass is 9.95. The van der Waals surface area contributed by atoms with Crippen molar-refractivity contribution in [2.75, 3.05) is 33.1 Å². The smallest absolute Gasteiger partial charge is 0.409 e. The first-order valence-corrected chi connectivity index (χ1v) is 8.35. The molecule has 0 aromatic carbocycles. The van der Waals surface area contributed by atoms with Crippen LogP contribution in [-0.4, -0.2) is 44.1 Å². The molecule has 0 radical (unpaired) electrons. The molecule has 1 aromatic rings. The van der Waals surface area contributed by atoms with E-state index in [9.17, 15) is 4.79 Å². The van der Waals surface area contributed by atoms with Crippen molar-refractivity contribution >= 4 is 29.2 Å². The third-order valence-electron chi connectivity index (χ3n) is 3.45. The fourth-order valence-corrected chi connectivity index (χ4v) is 3.83. The molecule has 0 spiro atoms. The van der Waals surface area contributed by atoms with E-state index in [0.717, 1.165) is 12.0 Å². The molecule has 19 heavy (non-hydrogen) atoms. The standard InChI is InChI=1S/C13H19NO3S2/c1-4-17-12(15)14-6-5-13(9-14,16-2)10-7-11(18-3)19-8-10/h7-8H,4-6,9H2,1-3H3. The van der Waals surface area contributed by atoms with Crippen molar-refractivity contribution < 1.29 is 14.3 Å². The molecule has 1 unspecified atom stereocenters. The first-order valence-electron chi connectivity index (χ1n) is 6.25. The van der Waals surface area contributed by atoms with Gasteiger partial charge in [0, 0.05) is 20.1 Å². The minimum Gasteiger partial charge on any atom is -0.450 e. The lowest BCUT2D eigenvalue weighted by Crippen LogP contribution is -2.35. The van der Waals surface area contributed by atoms with Crippen LogP contribution in [0.1, 0.15) is 18.9 Å². The largest absolute Gasteiger partial charge is 0.450 e. The van der Waals surface area contributed by atoms with Gasteiger partial charge in [0.25, 0.3) is 0 Å². The molecule has 1 aromatic heterocycles. The lowest BCUT2D eigenvalue weighted by molar-refractivity contribution is -0.00581. The van der Waals surface area contributed by atoms with Gasteiger partial charge in [0.2, 0.25) is 0 Å². The first-order chi connectivity index (χ1) is 9.15. The third kappa shape index (κ3) is 2.90. The number of likely N-dealkylation sites (tertiary alicyclic amines) is 1. The molecule has 1 saturated heterocycles. The number of nitrogens with zero attached hydrogens (tertiary/aromatic N) is 1. The fourth-order valence-electron chi connectivity index (χ4n) is 2.34. The minimum atomic E-state index is -0.378. The van der Waals surface area contributed by atoms with Crippen LogP contribution in [-0.2, 0) is 15.1 Å². The molecule has 0 N–H and O–H groups in total. The number of carbonyl (C=O) groups excluding carboxylic acids is 1. The highest BCUT2D eigenvalue weighted by atomic mass is 32.2. The summed E-state index contributed by atoms with van der Waals surface area (Å²) in [5, 5.41) is 2.13. The Morgan fingerprint density at radius 2 is 2.42 bits per heavy atom. The molecule has 1 amide bonds. The van der Waals surface area contributed by atoms with Crippen molar-refractivity contribution in [1.82, 2.24) is 4.90 Å². The molecule has 1 fully saturated rings. The molecule has 0 bridgehead atoms. The van der Waals surface area contributed by atoms with Crippen LogP contribution in [0.3, 0.4) is 0 Å². The van der Waals surface area contributed by atoms with Crippen LogP contribution in [0.2, 0.25) is 0 Å². The summed E-state index contributed by atoms with van der Waals surface area (Å²) in [6.07, 6.45) is 2.63. The molecule has 0 aliphatic carbocycles. The zero-order valence-corrected chi connectivity index (χ0v) is 13.1. The molecule has 4 nitrogen and oxygen atoms in total. The maximum absolute atomic E-state index is 11.8. The van der Waals surface area contributed by atoms with Gasteiger partial charge in [0.15, 0.2) is 0 Å². The summed E-state index contributed by atoms with van der Waals surface area (Å²) in [6.45, 7) is 3.47. The highest BCUT2D eigenvalue weighted by Gasteiger charge is 2.42. The van der Waals surface area contributed by atoms with E-state index in [1.807, 2.05) is 6.92 Å². The maximum Gasteiger partial charge on any atom is 0.409 e. The number of hydrogen-bond donors (Lipinski definition) is 0. The Bertz CT molecular complexity index is 449. The molecule has 1 atom stereocenters. The summed E-state index contributed by atoms with van der Waals surface area (Å²) in [6, 6.07) is 2.16. The van der Waals surface area contributed by atoms with Crippen LogP contribution in [0.25, 0.3) is 0 Å². The summed E-state index contributed by atoms with van der Waals surface area (Å²) in [5.74, 6) is 0. The van der Waals surface area contributed by atoms with E-state index in [0.29, 0.717) is 19.7 Å². The van der Waals surface area contributed by atoms with E-state index in [2.05, 4.69) is 17.7 Å². The number of thioether (sulfide) groups is 1. The van der Waals surface area contributed by atoms with Gasteiger partial charge >= 0.3 is 6.09 Å². The van der Waals surface area contributed by atoms with E-state index in [1.165, 1.54) is 4.21 Å². The number of thiophene rings is 1. The lowest BCUT2D eigenvalue weighted by Gasteiger charge is -2.27. The molecular formula is C13H19NO3S2. The second kappa shape index (κ2) is 6.15. The highest BCUT2D eigenvalue weighted by Crippen LogP contribution is 2.39. The quantitative estimate of drug-likeness (QED) is 0.801. The van der Waals surface area contributed by atoms with E-state index in [-0.39, 0.29) is 11.7 Å². The third-order valence-corrected chi connectivity index (χ3v) is 5.48. The summed E-state index contributed by atoms with van der Waals surface area (Å²) >= 11 is 3.45. The summed E-state index contributed by atoms with van der Waals surface area (Å²) < 4.78 is 12.1. The number of amides is 1. The number of rotatable bonds is 4. The normalized spacial score (nSPS) is 22.8. The number of ether oxygens (including phenoxy) is 2. The molecule has 6 heteroatoms. The Balaban J connectivity index is 2.14. The number of hydrogen-bond acceptors (Lipinski definition) is 5. The number of carbonyl (C=O) groups is 1. The van der Waals surface area contributed by atoms with Crippen molar-refractivity contribution in [3.8, 4) is 0 Å². The van der Waals surface area contributed by atoms with Gasteiger partial charge < -0.3 is 14.4 Å². The summed E-state index contributed by atoms with van der Waals surface area (Å²) in [5.41, 5.74) is 0.785. The molecule has 1 aliphatic rings. The second-order valence-corrected chi connectivity index (χ2v) is 6.45. The van der Waals surface area contributed by atoms with Crippen LogP contribution in [0.15, 0.2) is 15.7 Å². The van der Waals surface area contributed by atoms with Gasteiger partial charge in [0.1, 0.15) is 5.60 Å². The zero-order chi connectivity index (χ0) is 13.9. The van der Waals surface area contributed by atoms with Gasteiger partial charge in [-0.25, -0.2) is 4.79 Å². The van der Waals surface area contributed by atoms with Crippen molar-refractivity contribution in [2.24, 2.45) is 0 Å². The van der Waals surface area contributed by atoms with Gasteiger partial charge in [-0.05, 0) is 30.2 Å². The molecule has 2 heterocycles. The van der Waals surface area contributed by atoms with E-state index in [1.54, 1.807) is 35.1 Å². The predicted molar refractivity (Wildman–Crippen MR) is 78.0 cm³/mol. The van der Waals surface area contributed by atoms with E-state index in [4.69, 9.17) is 9.47 Å². The van der Waals surface area contributed by atoms with Crippen LogP contribution < -0.4 is 0 Å². The Morgan fingerprint density at radius 3 is 3.00 bits per heavy atom. The molecular weight excluding hydrogens is 282 g/mol. The van der Waals surface area contributed by atoms with Crippen LogP contribution in [0.5, 0.6) is 0 Å².